The molecule has 1 aromatic rings. The van der Waals surface area contributed by atoms with Crippen LogP contribution in [0.3, 0.4) is 0 Å². The summed E-state index contributed by atoms with van der Waals surface area (Å²) in [5, 5.41) is 12.4. The van der Waals surface area contributed by atoms with Gasteiger partial charge in [-0.2, -0.15) is 13.2 Å². The lowest BCUT2D eigenvalue weighted by Crippen LogP contribution is -2.19. The van der Waals surface area contributed by atoms with E-state index >= 15 is 0 Å². The third-order valence-corrected chi connectivity index (χ3v) is 2.00. The van der Waals surface area contributed by atoms with Crippen molar-refractivity contribution in [1.82, 2.24) is 0 Å². The fraction of sp³-hybridized carbons (Fsp3) is 0.364. The van der Waals surface area contributed by atoms with E-state index in [-0.39, 0.29) is 6.07 Å². The van der Waals surface area contributed by atoms with E-state index in [2.05, 4.69) is 0 Å². The first-order valence-electron chi connectivity index (χ1n) is 8.10. The number of hydrogen-bond donors (Lipinski definition) is 1. The smallest absolute Gasteiger partial charge is 0.320 e. The van der Waals surface area contributed by atoms with E-state index < -0.39 is 53.5 Å². The molecule has 0 aromatic heterocycles. The molecule has 0 aliphatic heterocycles. The second kappa shape index (κ2) is 5.25. The molecule has 0 atom stereocenters. The summed E-state index contributed by atoms with van der Waals surface area (Å²) in [7, 11) is 0. The Bertz CT molecular complexity index is 717. The van der Waals surface area contributed by atoms with Gasteiger partial charge in [-0.25, -0.2) is 0 Å². The second-order valence-corrected chi connectivity index (χ2v) is 3.32. The Morgan fingerprint density at radius 1 is 1.53 bits per heavy atom. The lowest BCUT2D eigenvalue weighted by Gasteiger charge is -2.11. The van der Waals surface area contributed by atoms with Gasteiger partial charge in [-0.1, -0.05) is 13.7 Å². The zero-order valence-corrected chi connectivity index (χ0v) is 9.04. The van der Waals surface area contributed by atoms with Crippen LogP contribution in [-0.2, 0) is 11.0 Å². The summed E-state index contributed by atoms with van der Waals surface area (Å²) in [4.78, 5) is 21.9. The zero-order valence-electron chi connectivity index (χ0n) is 16.0. The van der Waals surface area contributed by atoms with Crippen LogP contribution in [0, 0.1) is 16.0 Å². The van der Waals surface area contributed by atoms with Gasteiger partial charge in [0, 0.05) is 21.6 Å². The highest BCUT2D eigenvalue weighted by Crippen LogP contribution is 2.34. The van der Waals surface area contributed by atoms with Crippen LogP contribution in [0.2, 0.25) is 0 Å². The molecule has 19 heavy (non-hydrogen) atoms. The number of carbonyl (C=O) groups excluding carboxylic acids is 1. The summed E-state index contributed by atoms with van der Waals surface area (Å²) >= 11 is 0. The van der Waals surface area contributed by atoms with Crippen LogP contribution in [0.15, 0.2) is 18.2 Å². The maximum absolute atomic E-state index is 12.8. The van der Waals surface area contributed by atoms with Crippen molar-refractivity contribution in [1.29, 1.82) is 0 Å². The zero-order chi connectivity index (χ0) is 20.7. The van der Waals surface area contributed by atoms with Gasteiger partial charge in [0.1, 0.15) is 5.69 Å². The summed E-state index contributed by atoms with van der Waals surface area (Å²) in [5.41, 5.74) is -3.53. The number of nitrogens with zero attached hydrogens (tertiary/aromatic N) is 1. The Hall–Kier alpha value is -2.12. The first-order valence-corrected chi connectivity index (χ1v) is 4.60. The highest BCUT2D eigenvalue weighted by molar-refractivity contribution is 5.94. The van der Waals surface area contributed by atoms with Crippen LogP contribution in [0.5, 0.6) is 0 Å². The van der Waals surface area contributed by atoms with Crippen LogP contribution in [0.1, 0.15) is 28.9 Å². The molecule has 1 amide bonds. The molecule has 0 aliphatic rings. The van der Waals surface area contributed by atoms with Crippen molar-refractivity contribution >= 4 is 17.3 Å². The van der Waals surface area contributed by atoms with E-state index in [1.165, 1.54) is 5.32 Å². The molecule has 0 spiro atoms. The monoisotopic (exact) mass is 283 g/mol. The van der Waals surface area contributed by atoms with Crippen molar-refractivity contribution in [3.05, 3.63) is 33.9 Å². The van der Waals surface area contributed by atoms with Crippen LogP contribution < -0.4 is 5.32 Å². The third kappa shape index (κ3) is 3.67. The van der Waals surface area contributed by atoms with Crippen LogP contribution >= 0.6 is 0 Å². The molecule has 0 bridgehead atoms. The number of halogens is 3. The molecule has 5 nitrogen and oxygen atoms in total. The summed E-state index contributed by atoms with van der Waals surface area (Å²) in [5.74, 6) is -5.79. The summed E-state index contributed by atoms with van der Waals surface area (Å²) in [6, 6.07) is 0.916. The number of nitro groups is 1. The highest BCUT2D eigenvalue weighted by atomic mass is 19.4. The Morgan fingerprint density at radius 2 is 2.16 bits per heavy atom. The third-order valence-electron chi connectivity index (χ3n) is 2.00. The summed E-state index contributed by atoms with van der Waals surface area (Å²) < 4.78 is 88.6. The van der Waals surface area contributed by atoms with Gasteiger partial charge in [0.25, 0.3) is 5.69 Å². The van der Waals surface area contributed by atoms with Crippen molar-refractivity contribution in [2.45, 2.75) is 19.9 Å². The van der Waals surface area contributed by atoms with Crippen LogP contribution in [0.4, 0.5) is 24.5 Å². The second-order valence-electron chi connectivity index (χ2n) is 3.32. The molecule has 0 heterocycles. The quantitative estimate of drug-likeness (QED) is 0.684. The predicted octanol–water partition coefficient (Wildman–Crippen LogP) is 3.21. The minimum absolute atomic E-state index is 0.148. The van der Waals surface area contributed by atoms with Crippen molar-refractivity contribution in [3.63, 3.8) is 0 Å². The number of nitro benzene ring substituents is 1. The normalized spacial score (nSPS) is 18.8. The van der Waals surface area contributed by atoms with Gasteiger partial charge in [-0.05, 0) is 12.1 Å². The Morgan fingerprint density at radius 3 is 2.63 bits per heavy atom. The van der Waals surface area contributed by atoms with E-state index in [1.54, 1.807) is 0 Å². The topological polar surface area (TPSA) is 72.2 Å². The average molecular weight is 283 g/mol. The Labute approximate surface area is 116 Å². The predicted molar refractivity (Wildman–Crippen MR) is 61.6 cm³/mol. The van der Waals surface area contributed by atoms with E-state index in [4.69, 9.17) is 9.60 Å². The minimum Gasteiger partial charge on any atom is -0.320 e. The first kappa shape index (κ1) is 7.46. The first-order chi connectivity index (χ1) is 11.4. The molecule has 1 aromatic carbocycles. The number of benzene rings is 1. The molecule has 1 N–H and O–H groups in total. The molecular weight excluding hydrogens is 265 g/mol. The van der Waals surface area contributed by atoms with E-state index in [9.17, 15) is 28.1 Å². The maximum atomic E-state index is 12.8. The molecule has 104 valence electrons. The number of anilines is 1. The van der Waals surface area contributed by atoms with Crippen molar-refractivity contribution in [3.8, 4) is 0 Å². The molecule has 0 aliphatic carbocycles. The van der Waals surface area contributed by atoms with Gasteiger partial charge in [-0.3, -0.25) is 14.9 Å². The number of hydrogen-bond acceptors (Lipinski definition) is 3. The number of nitrogens with one attached hydrogen (secondary N) is 1. The van der Waals surface area contributed by atoms with E-state index in [0.29, 0.717) is 12.1 Å². The van der Waals surface area contributed by atoms with Crippen molar-refractivity contribution in [2.24, 2.45) is 5.89 Å². The van der Waals surface area contributed by atoms with Crippen LogP contribution in [0.25, 0.3) is 0 Å². The van der Waals surface area contributed by atoms with Gasteiger partial charge in [0.15, 0.2) is 0 Å². The number of alkyl halides is 3. The number of amides is 1. The van der Waals surface area contributed by atoms with Gasteiger partial charge >= 0.3 is 6.18 Å². The number of carbonyl (C=O) groups is 1. The molecular formula is C11H11F3N2O3. The van der Waals surface area contributed by atoms with Gasteiger partial charge in [0.05, 0.1) is 10.5 Å². The highest BCUT2D eigenvalue weighted by Gasteiger charge is 2.32. The molecule has 0 unspecified atom stereocenters. The fourth-order valence-corrected chi connectivity index (χ4v) is 1.16. The maximum Gasteiger partial charge on any atom is 0.416 e. The lowest BCUT2D eigenvalue weighted by molar-refractivity contribution is -0.384. The standard InChI is InChI=1S/C11H11F3N2O3/c1-6(2)10(17)15-8-5-7(11(12,13)14)3-4-9(8)16(18)19/h3-6H,1-2H3,(H,15,17)/i1D3,2D3,6D. The summed E-state index contributed by atoms with van der Waals surface area (Å²) in [6.07, 6.45) is -4.94. The van der Waals surface area contributed by atoms with Gasteiger partial charge in [-0.15, -0.1) is 0 Å². The average Bonchev–Trinajstić information content (AvgIpc) is 2.42. The largest absolute Gasteiger partial charge is 0.416 e. The molecule has 0 fully saturated rings. The Kier molecular flexibility index (Phi) is 2.06. The SMILES string of the molecule is [2H]C([2H])([2H])C([2H])(C(=O)Nc1cc(C(F)(F)F)ccc1[N+](=O)[O-])C([2H])([2H])[2H]. The molecule has 0 radical (unpaired) electrons. The molecule has 0 saturated carbocycles. The van der Waals surface area contributed by atoms with E-state index in [0.717, 1.165) is 0 Å². The summed E-state index contributed by atoms with van der Waals surface area (Å²) in [6.45, 7) is -7.39. The van der Waals surface area contributed by atoms with Crippen LogP contribution in [-0.4, -0.2) is 10.8 Å². The van der Waals surface area contributed by atoms with E-state index in [1.807, 2.05) is 0 Å². The van der Waals surface area contributed by atoms with Crippen molar-refractivity contribution in [2.75, 3.05) is 5.32 Å². The Balaban J connectivity index is 3.49. The molecule has 0 saturated heterocycles. The fourth-order valence-electron chi connectivity index (χ4n) is 1.16. The van der Waals surface area contributed by atoms with Gasteiger partial charge in [0.2, 0.25) is 5.91 Å². The van der Waals surface area contributed by atoms with Gasteiger partial charge < -0.3 is 5.32 Å². The molecule has 1 rings (SSSR count). The van der Waals surface area contributed by atoms with Crippen molar-refractivity contribution < 1.29 is 32.5 Å². The minimum atomic E-state index is -4.94. The lowest BCUT2D eigenvalue weighted by atomic mass is 10.1. The molecule has 8 heteroatoms. The number of rotatable bonds is 3.